The first-order valence-corrected chi connectivity index (χ1v) is 6.95. The molecule has 1 N–H and O–H groups in total. The number of thiazole rings is 1. The third-order valence-corrected chi connectivity index (χ3v) is 4.25. The van der Waals surface area contributed by atoms with Gasteiger partial charge in [0.25, 0.3) is 0 Å². The standard InChI is InChI=1S/C14H16N2OS/c1-9-16-8-12(18-9)13(15-2)11-5-3-4-10-6-7-17-14(10)11/h3-5,8,13,15H,6-7H2,1-2H3. The lowest BCUT2D eigenvalue weighted by molar-refractivity contribution is 0.351. The predicted molar refractivity (Wildman–Crippen MR) is 73.4 cm³/mol. The second kappa shape index (κ2) is 4.71. The lowest BCUT2D eigenvalue weighted by Crippen LogP contribution is -2.17. The monoisotopic (exact) mass is 260 g/mol. The largest absolute Gasteiger partial charge is 0.493 e. The minimum Gasteiger partial charge on any atom is -0.493 e. The van der Waals surface area contributed by atoms with E-state index in [0.717, 1.165) is 23.8 Å². The third kappa shape index (κ3) is 1.91. The van der Waals surface area contributed by atoms with Crippen molar-refractivity contribution in [2.24, 2.45) is 0 Å². The van der Waals surface area contributed by atoms with E-state index >= 15 is 0 Å². The van der Waals surface area contributed by atoms with Crippen LogP contribution in [0.3, 0.4) is 0 Å². The highest BCUT2D eigenvalue weighted by atomic mass is 32.1. The summed E-state index contributed by atoms with van der Waals surface area (Å²) in [6.45, 7) is 2.83. The van der Waals surface area contributed by atoms with E-state index in [1.807, 2.05) is 20.2 Å². The SMILES string of the molecule is CNC(c1cnc(C)s1)c1cccc2c1OCC2. The van der Waals surface area contributed by atoms with E-state index in [4.69, 9.17) is 4.74 Å². The molecule has 0 amide bonds. The van der Waals surface area contributed by atoms with Crippen LogP contribution in [-0.4, -0.2) is 18.6 Å². The van der Waals surface area contributed by atoms with E-state index in [-0.39, 0.29) is 6.04 Å². The number of para-hydroxylation sites is 1. The van der Waals surface area contributed by atoms with E-state index in [0.29, 0.717) is 0 Å². The number of rotatable bonds is 3. The predicted octanol–water partition coefficient (Wildman–Crippen LogP) is 2.70. The summed E-state index contributed by atoms with van der Waals surface area (Å²) >= 11 is 1.73. The van der Waals surface area contributed by atoms with Gasteiger partial charge in [-0.15, -0.1) is 11.3 Å². The Bertz CT molecular complexity index is 565. The van der Waals surface area contributed by atoms with Crippen LogP contribution in [0.25, 0.3) is 0 Å². The smallest absolute Gasteiger partial charge is 0.127 e. The summed E-state index contributed by atoms with van der Waals surface area (Å²) < 4.78 is 5.78. The summed E-state index contributed by atoms with van der Waals surface area (Å²) in [6, 6.07) is 6.57. The van der Waals surface area contributed by atoms with Crippen molar-refractivity contribution < 1.29 is 4.74 Å². The molecule has 1 aliphatic rings. The first-order chi connectivity index (χ1) is 8.79. The van der Waals surface area contributed by atoms with E-state index in [1.54, 1.807) is 11.3 Å². The molecule has 1 aromatic heterocycles. The Morgan fingerprint density at radius 3 is 3.06 bits per heavy atom. The van der Waals surface area contributed by atoms with Crippen LogP contribution in [0.15, 0.2) is 24.4 Å². The second-order valence-electron chi connectivity index (χ2n) is 4.44. The van der Waals surface area contributed by atoms with Crippen LogP contribution >= 0.6 is 11.3 Å². The number of ether oxygens (including phenoxy) is 1. The van der Waals surface area contributed by atoms with Crippen molar-refractivity contribution in [3.05, 3.63) is 45.4 Å². The lowest BCUT2D eigenvalue weighted by Gasteiger charge is -2.17. The van der Waals surface area contributed by atoms with E-state index in [1.165, 1.54) is 16.0 Å². The van der Waals surface area contributed by atoms with Gasteiger partial charge in [0.1, 0.15) is 5.75 Å². The zero-order chi connectivity index (χ0) is 12.5. The molecule has 2 aromatic rings. The summed E-state index contributed by atoms with van der Waals surface area (Å²) in [6.07, 6.45) is 2.97. The summed E-state index contributed by atoms with van der Waals surface area (Å²) in [7, 11) is 1.98. The van der Waals surface area contributed by atoms with Gasteiger partial charge < -0.3 is 10.1 Å². The maximum atomic E-state index is 5.78. The van der Waals surface area contributed by atoms with Gasteiger partial charge in [-0.25, -0.2) is 4.98 Å². The fraction of sp³-hybridized carbons (Fsp3) is 0.357. The van der Waals surface area contributed by atoms with Gasteiger partial charge in [0.05, 0.1) is 17.7 Å². The summed E-state index contributed by atoms with van der Waals surface area (Å²) in [5.41, 5.74) is 2.53. The van der Waals surface area contributed by atoms with E-state index in [2.05, 4.69) is 28.5 Å². The van der Waals surface area contributed by atoms with Crippen molar-refractivity contribution in [2.45, 2.75) is 19.4 Å². The number of benzene rings is 1. The van der Waals surface area contributed by atoms with Crippen LogP contribution < -0.4 is 10.1 Å². The van der Waals surface area contributed by atoms with E-state index < -0.39 is 0 Å². The Hall–Kier alpha value is -1.39. The van der Waals surface area contributed by atoms with Gasteiger partial charge >= 0.3 is 0 Å². The Labute approximate surface area is 111 Å². The summed E-state index contributed by atoms with van der Waals surface area (Å²) in [5.74, 6) is 1.06. The molecule has 94 valence electrons. The highest BCUT2D eigenvalue weighted by Crippen LogP contribution is 2.37. The minimum atomic E-state index is 0.171. The quantitative estimate of drug-likeness (QED) is 0.921. The van der Waals surface area contributed by atoms with Crippen molar-refractivity contribution in [1.82, 2.24) is 10.3 Å². The van der Waals surface area contributed by atoms with E-state index in [9.17, 15) is 0 Å². The molecule has 18 heavy (non-hydrogen) atoms. The molecule has 1 atom stereocenters. The molecule has 4 heteroatoms. The van der Waals surface area contributed by atoms with Crippen LogP contribution in [0.5, 0.6) is 5.75 Å². The van der Waals surface area contributed by atoms with Gasteiger partial charge in [-0.2, -0.15) is 0 Å². The first-order valence-electron chi connectivity index (χ1n) is 6.14. The third-order valence-electron chi connectivity index (χ3n) is 3.27. The van der Waals surface area contributed by atoms with Gasteiger partial charge in [-0.1, -0.05) is 18.2 Å². The van der Waals surface area contributed by atoms with Crippen molar-refractivity contribution in [2.75, 3.05) is 13.7 Å². The number of hydrogen-bond acceptors (Lipinski definition) is 4. The number of aromatic nitrogens is 1. The number of nitrogens with zero attached hydrogens (tertiary/aromatic N) is 1. The number of nitrogens with one attached hydrogen (secondary N) is 1. The fourth-order valence-electron chi connectivity index (χ4n) is 2.43. The molecule has 0 bridgehead atoms. The molecular weight excluding hydrogens is 244 g/mol. The van der Waals surface area contributed by atoms with Crippen LogP contribution in [0.1, 0.15) is 27.1 Å². The van der Waals surface area contributed by atoms with Gasteiger partial charge in [-0.05, 0) is 19.5 Å². The van der Waals surface area contributed by atoms with Crippen LogP contribution in [0, 0.1) is 6.92 Å². The van der Waals surface area contributed by atoms with Gasteiger partial charge in [0, 0.05) is 23.1 Å². The fourth-order valence-corrected chi connectivity index (χ4v) is 3.34. The maximum Gasteiger partial charge on any atom is 0.127 e. The van der Waals surface area contributed by atoms with Gasteiger partial charge in [-0.3, -0.25) is 0 Å². The maximum absolute atomic E-state index is 5.78. The van der Waals surface area contributed by atoms with Crippen LogP contribution in [0.4, 0.5) is 0 Å². The summed E-state index contributed by atoms with van der Waals surface area (Å²) in [4.78, 5) is 5.58. The molecule has 3 rings (SSSR count). The number of fused-ring (bicyclic) bond motifs is 1. The zero-order valence-corrected chi connectivity index (χ0v) is 11.4. The van der Waals surface area contributed by atoms with Crippen LogP contribution in [0.2, 0.25) is 0 Å². The Morgan fingerprint density at radius 1 is 1.44 bits per heavy atom. The van der Waals surface area contributed by atoms with Crippen molar-refractivity contribution in [1.29, 1.82) is 0 Å². The highest BCUT2D eigenvalue weighted by Gasteiger charge is 2.23. The molecule has 0 fully saturated rings. The zero-order valence-electron chi connectivity index (χ0n) is 10.6. The molecule has 0 radical (unpaired) electrons. The topological polar surface area (TPSA) is 34.2 Å². The Kier molecular flexibility index (Phi) is 3.06. The first kappa shape index (κ1) is 11.7. The number of hydrogen-bond donors (Lipinski definition) is 1. The number of aryl methyl sites for hydroxylation is 1. The second-order valence-corrected chi connectivity index (χ2v) is 5.70. The molecule has 0 spiro atoms. The average Bonchev–Trinajstić information content (AvgIpc) is 2.99. The molecule has 1 unspecified atom stereocenters. The molecule has 0 saturated heterocycles. The van der Waals surface area contributed by atoms with Crippen molar-refractivity contribution in [3.63, 3.8) is 0 Å². The molecule has 3 nitrogen and oxygen atoms in total. The highest BCUT2D eigenvalue weighted by molar-refractivity contribution is 7.11. The Morgan fingerprint density at radius 2 is 2.33 bits per heavy atom. The Balaban J connectivity index is 2.05. The van der Waals surface area contributed by atoms with Gasteiger partial charge in [0.15, 0.2) is 0 Å². The minimum absolute atomic E-state index is 0.171. The van der Waals surface area contributed by atoms with Crippen molar-refractivity contribution >= 4 is 11.3 Å². The van der Waals surface area contributed by atoms with Crippen molar-refractivity contribution in [3.8, 4) is 5.75 Å². The normalized spacial score (nSPS) is 15.2. The average molecular weight is 260 g/mol. The van der Waals surface area contributed by atoms with Gasteiger partial charge in [0.2, 0.25) is 0 Å². The molecular formula is C14H16N2OS. The lowest BCUT2D eigenvalue weighted by atomic mass is 10.0. The molecule has 0 saturated carbocycles. The molecule has 0 aliphatic carbocycles. The molecule has 2 heterocycles. The molecule has 1 aliphatic heterocycles. The van der Waals surface area contributed by atoms with Crippen LogP contribution in [-0.2, 0) is 6.42 Å². The molecule has 1 aromatic carbocycles. The summed E-state index contributed by atoms with van der Waals surface area (Å²) in [5, 5.41) is 4.46.